The molecule has 0 aromatic carbocycles. The van der Waals surface area contributed by atoms with Crippen molar-refractivity contribution in [1.29, 1.82) is 0 Å². The third kappa shape index (κ3) is 3.26. The zero-order chi connectivity index (χ0) is 14.7. The number of likely N-dealkylation sites (tertiary alicyclic amines) is 1. The molecule has 20 heavy (non-hydrogen) atoms. The molecule has 2 N–H and O–H groups in total. The van der Waals surface area contributed by atoms with Crippen molar-refractivity contribution < 1.29 is 14.7 Å². The normalized spacial score (nSPS) is 21.8. The number of hydrogen-bond acceptors (Lipinski definition) is 3. The average Bonchev–Trinajstić information content (AvgIpc) is 2.80. The number of amides is 2. The molecule has 0 bridgehead atoms. The number of carbonyl (C=O) groups is 2. The lowest BCUT2D eigenvalue weighted by Gasteiger charge is -2.16. The Bertz CT molecular complexity index is 501. The van der Waals surface area contributed by atoms with Crippen LogP contribution in [0.3, 0.4) is 0 Å². The van der Waals surface area contributed by atoms with Crippen LogP contribution >= 0.6 is 0 Å². The van der Waals surface area contributed by atoms with Crippen molar-refractivity contribution in [2.75, 3.05) is 13.1 Å². The van der Waals surface area contributed by atoms with Crippen molar-refractivity contribution in [3.05, 3.63) is 29.6 Å². The van der Waals surface area contributed by atoms with Gasteiger partial charge in [-0.15, -0.1) is 0 Å². The molecule has 1 aliphatic heterocycles. The number of carbonyl (C=O) groups excluding carboxylic acids is 1. The van der Waals surface area contributed by atoms with E-state index in [9.17, 15) is 9.59 Å². The SMILES string of the molecule is Cc1ccc(CNC(=O)N2CC(C)C(C(=O)O)C2)cn1. The van der Waals surface area contributed by atoms with E-state index in [0.717, 1.165) is 11.3 Å². The minimum absolute atomic E-state index is 0.0145. The van der Waals surface area contributed by atoms with Crippen molar-refractivity contribution >= 4 is 12.0 Å². The molecule has 0 spiro atoms. The van der Waals surface area contributed by atoms with Crippen LogP contribution in [0.4, 0.5) is 4.79 Å². The van der Waals surface area contributed by atoms with Gasteiger partial charge in [0, 0.05) is 31.5 Å². The number of carboxylic acid groups (broad SMARTS) is 1. The summed E-state index contributed by atoms with van der Waals surface area (Å²) in [7, 11) is 0. The van der Waals surface area contributed by atoms with Gasteiger partial charge in [0.25, 0.3) is 0 Å². The second-order valence-corrected chi connectivity index (χ2v) is 5.29. The van der Waals surface area contributed by atoms with Crippen LogP contribution < -0.4 is 5.32 Å². The second-order valence-electron chi connectivity index (χ2n) is 5.29. The Balaban J connectivity index is 1.87. The second kappa shape index (κ2) is 5.90. The average molecular weight is 277 g/mol. The van der Waals surface area contributed by atoms with Gasteiger partial charge in [0.2, 0.25) is 0 Å². The minimum Gasteiger partial charge on any atom is -0.481 e. The lowest BCUT2D eigenvalue weighted by Crippen LogP contribution is -2.38. The van der Waals surface area contributed by atoms with Gasteiger partial charge in [-0.05, 0) is 24.5 Å². The maximum absolute atomic E-state index is 12.0. The van der Waals surface area contributed by atoms with Crippen LogP contribution in [-0.2, 0) is 11.3 Å². The minimum atomic E-state index is -0.837. The largest absolute Gasteiger partial charge is 0.481 e. The van der Waals surface area contributed by atoms with Gasteiger partial charge >= 0.3 is 12.0 Å². The van der Waals surface area contributed by atoms with Gasteiger partial charge in [-0.25, -0.2) is 4.79 Å². The van der Waals surface area contributed by atoms with E-state index in [1.807, 2.05) is 26.0 Å². The number of aliphatic carboxylic acids is 1. The molecule has 0 aliphatic carbocycles. The van der Waals surface area contributed by atoms with E-state index in [1.54, 1.807) is 11.1 Å². The van der Waals surface area contributed by atoms with Gasteiger partial charge < -0.3 is 15.3 Å². The molecule has 6 nitrogen and oxygen atoms in total. The Morgan fingerprint density at radius 1 is 1.45 bits per heavy atom. The summed E-state index contributed by atoms with van der Waals surface area (Å²) in [6, 6.07) is 3.58. The van der Waals surface area contributed by atoms with E-state index in [0.29, 0.717) is 13.1 Å². The quantitative estimate of drug-likeness (QED) is 0.871. The van der Waals surface area contributed by atoms with Gasteiger partial charge in [0.05, 0.1) is 5.92 Å². The Hall–Kier alpha value is -2.11. The first-order chi connectivity index (χ1) is 9.47. The molecule has 6 heteroatoms. The van der Waals surface area contributed by atoms with Crippen LogP contribution in [0.5, 0.6) is 0 Å². The van der Waals surface area contributed by atoms with Crippen molar-refractivity contribution in [3.63, 3.8) is 0 Å². The molecule has 0 saturated carbocycles. The van der Waals surface area contributed by atoms with Crippen molar-refractivity contribution in [1.82, 2.24) is 15.2 Å². The van der Waals surface area contributed by atoms with Gasteiger partial charge in [0.15, 0.2) is 0 Å². The molecule has 2 unspecified atom stereocenters. The van der Waals surface area contributed by atoms with Gasteiger partial charge in [-0.1, -0.05) is 13.0 Å². The highest BCUT2D eigenvalue weighted by Crippen LogP contribution is 2.23. The highest BCUT2D eigenvalue weighted by molar-refractivity contribution is 5.77. The summed E-state index contributed by atoms with van der Waals surface area (Å²) in [5.41, 5.74) is 1.85. The molecule has 2 heterocycles. The third-order valence-electron chi connectivity index (χ3n) is 3.63. The molecular weight excluding hydrogens is 258 g/mol. The molecule has 1 aromatic heterocycles. The van der Waals surface area contributed by atoms with E-state index < -0.39 is 11.9 Å². The lowest BCUT2D eigenvalue weighted by atomic mass is 9.99. The maximum atomic E-state index is 12.0. The summed E-state index contributed by atoms with van der Waals surface area (Å²) in [4.78, 5) is 28.7. The summed E-state index contributed by atoms with van der Waals surface area (Å²) >= 11 is 0. The number of aromatic nitrogens is 1. The molecule has 1 aromatic rings. The molecule has 2 rings (SSSR count). The third-order valence-corrected chi connectivity index (χ3v) is 3.63. The topological polar surface area (TPSA) is 82.5 Å². The molecule has 2 amide bonds. The van der Waals surface area contributed by atoms with Crippen LogP contribution in [0.25, 0.3) is 0 Å². The number of nitrogens with zero attached hydrogens (tertiary/aromatic N) is 2. The Morgan fingerprint density at radius 2 is 2.20 bits per heavy atom. The molecular formula is C14H19N3O3. The summed E-state index contributed by atoms with van der Waals surface area (Å²) in [6.45, 7) is 4.91. The molecule has 0 radical (unpaired) electrons. The van der Waals surface area contributed by atoms with Crippen LogP contribution in [0, 0.1) is 18.8 Å². The Labute approximate surface area is 117 Å². The molecule has 2 atom stereocenters. The van der Waals surface area contributed by atoms with Crippen molar-refractivity contribution in [3.8, 4) is 0 Å². The van der Waals surface area contributed by atoms with Crippen LogP contribution in [0.2, 0.25) is 0 Å². The fraction of sp³-hybridized carbons (Fsp3) is 0.500. The lowest BCUT2D eigenvalue weighted by molar-refractivity contribution is -0.142. The van der Waals surface area contributed by atoms with Crippen LogP contribution in [-0.4, -0.2) is 40.1 Å². The monoisotopic (exact) mass is 277 g/mol. The number of hydrogen-bond donors (Lipinski definition) is 2. The molecule has 1 saturated heterocycles. The number of urea groups is 1. The first-order valence-electron chi connectivity index (χ1n) is 6.64. The maximum Gasteiger partial charge on any atom is 0.317 e. The van der Waals surface area contributed by atoms with E-state index in [4.69, 9.17) is 5.11 Å². The number of carboxylic acids is 1. The van der Waals surface area contributed by atoms with Gasteiger partial charge in [-0.2, -0.15) is 0 Å². The number of rotatable bonds is 3. The highest BCUT2D eigenvalue weighted by Gasteiger charge is 2.36. The predicted molar refractivity (Wildman–Crippen MR) is 73.1 cm³/mol. The van der Waals surface area contributed by atoms with Crippen molar-refractivity contribution in [2.24, 2.45) is 11.8 Å². The fourth-order valence-corrected chi connectivity index (χ4v) is 2.35. The summed E-state index contributed by atoms with van der Waals surface area (Å²) in [5, 5.41) is 11.8. The zero-order valence-electron chi connectivity index (χ0n) is 11.7. The van der Waals surface area contributed by atoms with Gasteiger partial charge in [0.1, 0.15) is 0 Å². The number of pyridine rings is 1. The fourth-order valence-electron chi connectivity index (χ4n) is 2.35. The van der Waals surface area contributed by atoms with E-state index in [-0.39, 0.29) is 18.5 Å². The van der Waals surface area contributed by atoms with Crippen LogP contribution in [0.1, 0.15) is 18.2 Å². The summed E-state index contributed by atoms with van der Waals surface area (Å²) in [6.07, 6.45) is 1.72. The standard InChI is InChI=1S/C14H19N3O3/c1-9-7-17(8-12(9)13(18)19)14(20)16-6-11-4-3-10(2)15-5-11/h3-5,9,12H,6-8H2,1-2H3,(H,16,20)(H,18,19). The highest BCUT2D eigenvalue weighted by atomic mass is 16.4. The molecule has 1 aliphatic rings. The molecule has 108 valence electrons. The smallest absolute Gasteiger partial charge is 0.317 e. The van der Waals surface area contributed by atoms with Gasteiger partial charge in [-0.3, -0.25) is 9.78 Å². The molecule has 1 fully saturated rings. The van der Waals surface area contributed by atoms with E-state index in [1.165, 1.54) is 0 Å². The summed E-state index contributed by atoms with van der Waals surface area (Å²) in [5.74, 6) is -1.32. The number of nitrogens with one attached hydrogen (secondary N) is 1. The van der Waals surface area contributed by atoms with E-state index in [2.05, 4.69) is 10.3 Å². The van der Waals surface area contributed by atoms with Crippen molar-refractivity contribution in [2.45, 2.75) is 20.4 Å². The number of aryl methyl sites for hydroxylation is 1. The Kier molecular flexibility index (Phi) is 4.22. The predicted octanol–water partition coefficient (Wildman–Crippen LogP) is 1.25. The first kappa shape index (κ1) is 14.3. The first-order valence-corrected chi connectivity index (χ1v) is 6.64. The summed E-state index contributed by atoms with van der Waals surface area (Å²) < 4.78 is 0. The van der Waals surface area contributed by atoms with Crippen LogP contribution in [0.15, 0.2) is 18.3 Å². The Morgan fingerprint density at radius 3 is 2.75 bits per heavy atom. The van der Waals surface area contributed by atoms with E-state index >= 15 is 0 Å². The zero-order valence-corrected chi connectivity index (χ0v) is 11.7.